The van der Waals surface area contributed by atoms with E-state index in [2.05, 4.69) is 34.4 Å². The number of thiazole rings is 1. The number of rotatable bonds is 6. The monoisotopic (exact) mass is 297 g/mol. The molecule has 1 unspecified atom stereocenters. The molecule has 20 heavy (non-hydrogen) atoms. The molecule has 0 aliphatic carbocycles. The minimum Gasteiger partial charge on any atom is -0.392 e. The number of nitrogens with zero attached hydrogens (tertiary/aromatic N) is 2. The lowest BCUT2D eigenvalue weighted by Crippen LogP contribution is -2.44. The smallest absolute Gasteiger partial charge is 0.185 e. The molecule has 4 nitrogen and oxygen atoms in total. The van der Waals surface area contributed by atoms with Crippen molar-refractivity contribution in [1.82, 2.24) is 10.3 Å². The number of aryl methyl sites for hydroxylation is 1. The molecule has 1 fully saturated rings. The molecular formula is C15H27N3OS. The molecule has 0 radical (unpaired) electrons. The van der Waals surface area contributed by atoms with Crippen LogP contribution in [0, 0.1) is 12.8 Å². The Morgan fingerprint density at radius 2 is 2.15 bits per heavy atom. The van der Waals surface area contributed by atoms with Gasteiger partial charge in [0.05, 0.1) is 11.8 Å². The first kappa shape index (κ1) is 15.7. The van der Waals surface area contributed by atoms with Crippen LogP contribution in [0.2, 0.25) is 0 Å². The number of aliphatic hydroxyl groups excluding tert-OH is 1. The van der Waals surface area contributed by atoms with E-state index >= 15 is 0 Å². The molecular weight excluding hydrogens is 270 g/mol. The molecule has 1 atom stereocenters. The fourth-order valence-electron chi connectivity index (χ4n) is 2.69. The van der Waals surface area contributed by atoms with Crippen LogP contribution in [0.5, 0.6) is 0 Å². The molecule has 0 saturated carbocycles. The van der Waals surface area contributed by atoms with E-state index in [0.717, 1.165) is 49.7 Å². The van der Waals surface area contributed by atoms with Gasteiger partial charge in [0.15, 0.2) is 5.13 Å². The van der Waals surface area contributed by atoms with Crippen molar-refractivity contribution in [2.24, 2.45) is 5.92 Å². The van der Waals surface area contributed by atoms with Crippen molar-refractivity contribution < 1.29 is 5.11 Å². The third-order valence-corrected chi connectivity index (χ3v) is 4.78. The van der Waals surface area contributed by atoms with Gasteiger partial charge >= 0.3 is 0 Å². The van der Waals surface area contributed by atoms with Crippen LogP contribution in [0.15, 0.2) is 5.38 Å². The minimum absolute atomic E-state index is 0.213. The van der Waals surface area contributed by atoms with E-state index in [1.54, 1.807) is 11.3 Å². The standard InChI is InChI=1S/C15H27N3OS/c1-11(2)8-14(19)9-16-13-4-6-18(7-5-13)15-17-12(3)10-20-15/h10-11,13-14,16,19H,4-9H2,1-3H3. The highest BCUT2D eigenvalue weighted by atomic mass is 32.1. The number of piperidine rings is 1. The van der Waals surface area contributed by atoms with Gasteiger partial charge in [-0.15, -0.1) is 11.3 Å². The van der Waals surface area contributed by atoms with Crippen LogP contribution < -0.4 is 10.2 Å². The Morgan fingerprint density at radius 1 is 1.45 bits per heavy atom. The highest BCUT2D eigenvalue weighted by molar-refractivity contribution is 7.13. The van der Waals surface area contributed by atoms with E-state index in [1.807, 2.05) is 6.92 Å². The van der Waals surface area contributed by atoms with E-state index in [4.69, 9.17) is 0 Å². The van der Waals surface area contributed by atoms with Gasteiger partial charge in [0.2, 0.25) is 0 Å². The molecule has 1 aliphatic heterocycles. The summed E-state index contributed by atoms with van der Waals surface area (Å²) < 4.78 is 0. The lowest BCUT2D eigenvalue weighted by Gasteiger charge is -2.32. The van der Waals surface area contributed by atoms with Crippen molar-refractivity contribution in [2.75, 3.05) is 24.5 Å². The van der Waals surface area contributed by atoms with Crippen LogP contribution in [0.25, 0.3) is 0 Å². The van der Waals surface area contributed by atoms with Crippen LogP contribution in [0.1, 0.15) is 38.8 Å². The summed E-state index contributed by atoms with van der Waals surface area (Å²) in [4.78, 5) is 6.93. The molecule has 1 aromatic heterocycles. The van der Waals surface area contributed by atoms with Gasteiger partial charge in [-0.2, -0.15) is 0 Å². The van der Waals surface area contributed by atoms with Crippen molar-refractivity contribution in [2.45, 2.75) is 52.2 Å². The summed E-state index contributed by atoms with van der Waals surface area (Å²) in [5, 5.41) is 16.7. The summed E-state index contributed by atoms with van der Waals surface area (Å²) in [6.45, 7) is 9.19. The van der Waals surface area contributed by atoms with Gasteiger partial charge in [-0.1, -0.05) is 13.8 Å². The quantitative estimate of drug-likeness (QED) is 0.846. The van der Waals surface area contributed by atoms with Crippen molar-refractivity contribution in [3.8, 4) is 0 Å². The van der Waals surface area contributed by atoms with Crippen molar-refractivity contribution in [1.29, 1.82) is 0 Å². The number of anilines is 1. The Morgan fingerprint density at radius 3 is 2.70 bits per heavy atom. The fraction of sp³-hybridized carbons (Fsp3) is 0.800. The van der Waals surface area contributed by atoms with E-state index in [1.165, 1.54) is 0 Å². The zero-order valence-corrected chi connectivity index (χ0v) is 13.6. The predicted octanol–water partition coefficient (Wildman–Crippen LogP) is 2.42. The largest absolute Gasteiger partial charge is 0.392 e. The topological polar surface area (TPSA) is 48.4 Å². The molecule has 2 heterocycles. The normalized spacial score (nSPS) is 18.8. The Balaban J connectivity index is 1.69. The first-order valence-corrected chi connectivity index (χ1v) is 8.51. The predicted molar refractivity (Wildman–Crippen MR) is 85.6 cm³/mol. The van der Waals surface area contributed by atoms with Crippen molar-refractivity contribution >= 4 is 16.5 Å². The fourth-order valence-corrected chi connectivity index (χ4v) is 3.55. The van der Waals surface area contributed by atoms with E-state index < -0.39 is 0 Å². The average molecular weight is 297 g/mol. The SMILES string of the molecule is Cc1csc(N2CCC(NCC(O)CC(C)C)CC2)n1. The maximum atomic E-state index is 9.90. The molecule has 1 aromatic rings. The molecule has 0 aromatic carbocycles. The van der Waals surface area contributed by atoms with Crippen LogP contribution in [0.3, 0.4) is 0 Å². The summed E-state index contributed by atoms with van der Waals surface area (Å²) >= 11 is 1.74. The summed E-state index contributed by atoms with van der Waals surface area (Å²) in [5.41, 5.74) is 1.11. The Hall–Kier alpha value is -0.650. The molecule has 2 rings (SSSR count). The van der Waals surface area contributed by atoms with Gasteiger partial charge in [0.25, 0.3) is 0 Å². The number of hydrogen-bond donors (Lipinski definition) is 2. The van der Waals surface area contributed by atoms with Crippen LogP contribution in [-0.2, 0) is 0 Å². The Labute approximate surface area is 126 Å². The summed E-state index contributed by atoms with van der Waals surface area (Å²) in [6.07, 6.45) is 2.93. The highest BCUT2D eigenvalue weighted by Crippen LogP contribution is 2.23. The zero-order valence-electron chi connectivity index (χ0n) is 12.8. The molecule has 0 spiro atoms. The van der Waals surface area contributed by atoms with Crippen LogP contribution >= 0.6 is 11.3 Å². The molecule has 0 bridgehead atoms. The summed E-state index contributed by atoms with van der Waals surface area (Å²) in [5.74, 6) is 0.557. The number of nitrogens with one attached hydrogen (secondary N) is 1. The lowest BCUT2D eigenvalue weighted by atomic mass is 10.0. The van der Waals surface area contributed by atoms with Gasteiger partial charge in [0.1, 0.15) is 0 Å². The van der Waals surface area contributed by atoms with Gasteiger partial charge in [-0.05, 0) is 32.1 Å². The molecule has 1 saturated heterocycles. The molecule has 2 N–H and O–H groups in total. The number of hydrogen-bond acceptors (Lipinski definition) is 5. The highest BCUT2D eigenvalue weighted by Gasteiger charge is 2.21. The van der Waals surface area contributed by atoms with E-state index in [-0.39, 0.29) is 6.10 Å². The van der Waals surface area contributed by atoms with E-state index in [9.17, 15) is 5.11 Å². The summed E-state index contributed by atoms with van der Waals surface area (Å²) in [6, 6.07) is 0.536. The molecule has 0 amide bonds. The van der Waals surface area contributed by atoms with Crippen LogP contribution in [0.4, 0.5) is 5.13 Å². The third kappa shape index (κ3) is 4.72. The summed E-state index contributed by atoms with van der Waals surface area (Å²) in [7, 11) is 0. The first-order valence-electron chi connectivity index (χ1n) is 7.63. The van der Waals surface area contributed by atoms with Crippen LogP contribution in [-0.4, -0.2) is 41.9 Å². The van der Waals surface area contributed by atoms with E-state index in [0.29, 0.717) is 12.0 Å². The van der Waals surface area contributed by atoms with Crippen molar-refractivity contribution in [3.05, 3.63) is 11.1 Å². The number of aromatic nitrogens is 1. The molecule has 114 valence electrons. The molecule has 5 heteroatoms. The van der Waals surface area contributed by atoms with Gasteiger partial charge in [0, 0.05) is 31.1 Å². The average Bonchev–Trinajstić information content (AvgIpc) is 2.83. The minimum atomic E-state index is -0.213. The number of aliphatic hydroxyl groups is 1. The Bertz CT molecular complexity index is 400. The second kappa shape index (κ2) is 7.38. The van der Waals surface area contributed by atoms with Gasteiger partial charge < -0.3 is 15.3 Å². The Kier molecular flexibility index (Phi) is 5.81. The maximum Gasteiger partial charge on any atom is 0.185 e. The van der Waals surface area contributed by atoms with Gasteiger partial charge in [-0.3, -0.25) is 0 Å². The van der Waals surface area contributed by atoms with Gasteiger partial charge in [-0.25, -0.2) is 4.98 Å². The second-order valence-corrected chi connectivity index (χ2v) is 7.06. The van der Waals surface area contributed by atoms with Crippen molar-refractivity contribution in [3.63, 3.8) is 0 Å². The second-order valence-electron chi connectivity index (χ2n) is 6.22. The lowest BCUT2D eigenvalue weighted by molar-refractivity contribution is 0.140. The zero-order chi connectivity index (χ0) is 14.5. The molecule has 1 aliphatic rings. The first-order chi connectivity index (χ1) is 9.54. The third-order valence-electron chi connectivity index (χ3n) is 3.76. The maximum absolute atomic E-state index is 9.90.